The van der Waals surface area contributed by atoms with Gasteiger partial charge in [-0.3, -0.25) is 0 Å². The molecule has 0 amide bonds. The van der Waals surface area contributed by atoms with Crippen LogP contribution in [0.2, 0.25) is 0 Å². The van der Waals surface area contributed by atoms with Crippen molar-refractivity contribution in [3.8, 4) is 0 Å². The van der Waals surface area contributed by atoms with Crippen LogP contribution in [-0.2, 0) is 6.42 Å². The Morgan fingerprint density at radius 3 is 2.68 bits per heavy atom. The fraction of sp³-hybridized carbons (Fsp3) is 0.857. The van der Waals surface area contributed by atoms with Crippen molar-refractivity contribution in [2.24, 2.45) is 11.7 Å². The maximum absolute atomic E-state index is 6.19. The Hall–Kier alpha value is -0.940. The monoisotopic (exact) mass is 264 g/mol. The first-order chi connectivity index (χ1) is 9.31. The number of nitrogens with two attached hydrogens (primary N) is 1. The second-order valence-electron chi connectivity index (χ2n) is 6.02. The number of piperidine rings is 1. The molecular weight excluding hydrogens is 240 g/mol. The lowest BCUT2D eigenvalue weighted by Crippen LogP contribution is -2.36. The number of rotatable bonds is 5. The Labute approximate surface area is 114 Å². The van der Waals surface area contributed by atoms with E-state index in [-0.39, 0.29) is 6.04 Å². The van der Waals surface area contributed by atoms with Crippen LogP contribution >= 0.6 is 0 Å². The SMILES string of the molecule is NC(CN1CCCCC1)c1noc(CC2CCC2)n1. The summed E-state index contributed by atoms with van der Waals surface area (Å²) in [5.74, 6) is 2.21. The molecule has 19 heavy (non-hydrogen) atoms. The van der Waals surface area contributed by atoms with Crippen molar-refractivity contribution in [2.45, 2.75) is 51.0 Å². The first kappa shape index (κ1) is 13.1. The van der Waals surface area contributed by atoms with Gasteiger partial charge in [0.15, 0.2) is 5.82 Å². The maximum atomic E-state index is 6.19. The fourth-order valence-electron chi connectivity index (χ4n) is 2.95. The lowest BCUT2D eigenvalue weighted by atomic mass is 9.83. The number of aromatic nitrogens is 2. The van der Waals surface area contributed by atoms with E-state index in [0.29, 0.717) is 5.82 Å². The second kappa shape index (κ2) is 6.01. The summed E-state index contributed by atoms with van der Waals surface area (Å²) in [6.45, 7) is 3.16. The van der Waals surface area contributed by atoms with Crippen LogP contribution in [0.4, 0.5) is 0 Å². The van der Waals surface area contributed by atoms with E-state index in [1.54, 1.807) is 0 Å². The van der Waals surface area contributed by atoms with Gasteiger partial charge in [-0.1, -0.05) is 18.0 Å². The number of hydrogen-bond acceptors (Lipinski definition) is 5. The van der Waals surface area contributed by atoms with Gasteiger partial charge in [0.2, 0.25) is 5.89 Å². The van der Waals surface area contributed by atoms with E-state index in [0.717, 1.165) is 37.9 Å². The summed E-state index contributed by atoms with van der Waals surface area (Å²) in [6.07, 6.45) is 8.80. The molecule has 2 N–H and O–H groups in total. The summed E-state index contributed by atoms with van der Waals surface area (Å²) in [5, 5.41) is 4.06. The number of nitrogens with zero attached hydrogens (tertiary/aromatic N) is 3. The molecule has 2 heterocycles. The molecule has 2 aliphatic rings. The van der Waals surface area contributed by atoms with Gasteiger partial charge in [-0.15, -0.1) is 0 Å². The predicted molar refractivity (Wildman–Crippen MR) is 72.6 cm³/mol. The number of likely N-dealkylation sites (tertiary alicyclic amines) is 1. The third-order valence-corrected chi connectivity index (χ3v) is 4.41. The van der Waals surface area contributed by atoms with Crippen LogP contribution in [0.25, 0.3) is 0 Å². The summed E-state index contributed by atoms with van der Waals surface area (Å²) in [5.41, 5.74) is 6.19. The first-order valence-electron chi connectivity index (χ1n) is 7.61. The van der Waals surface area contributed by atoms with Crippen molar-refractivity contribution in [2.75, 3.05) is 19.6 Å². The number of hydrogen-bond donors (Lipinski definition) is 1. The van der Waals surface area contributed by atoms with Crippen molar-refractivity contribution in [1.29, 1.82) is 0 Å². The van der Waals surface area contributed by atoms with E-state index in [1.807, 2.05) is 0 Å². The highest BCUT2D eigenvalue weighted by molar-refractivity contribution is 4.96. The van der Waals surface area contributed by atoms with E-state index >= 15 is 0 Å². The quantitative estimate of drug-likeness (QED) is 0.879. The molecule has 1 unspecified atom stereocenters. The highest BCUT2D eigenvalue weighted by Gasteiger charge is 2.23. The Balaban J connectivity index is 1.52. The van der Waals surface area contributed by atoms with Gasteiger partial charge < -0.3 is 15.2 Å². The van der Waals surface area contributed by atoms with Crippen LogP contribution in [-0.4, -0.2) is 34.7 Å². The molecule has 5 heteroatoms. The average molecular weight is 264 g/mol. The molecule has 106 valence electrons. The lowest BCUT2D eigenvalue weighted by molar-refractivity contribution is 0.213. The van der Waals surface area contributed by atoms with Crippen LogP contribution in [0.1, 0.15) is 56.3 Å². The van der Waals surface area contributed by atoms with Crippen LogP contribution in [0.3, 0.4) is 0 Å². The average Bonchev–Trinajstić information content (AvgIpc) is 2.84. The lowest BCUT2D eigenvalue weighted by Gasteiger charge is -2.27. The first-order valence-corrected chi connectivity index (χ1v) is 7.61. The zero-order valence-electron chi connectivity index (χ0n) is 11.6. The molecule has 1 aliphatic heterocycles. The van der Waals surface area contributed by atoms with Crippen molar-refractivity contribution in [3.63, 3.8) is 0 Å². The molecule has 1 saturated carbocycles. The van der Waals surface area contributed by atoms with Gasteiger partial charge in [-0.25, -0.2) is 0 Å². The van der Waals surface area contributed by atoms with E-state index in [4.69, 9.17) is 10.3 Å². The molecule has 0 bridgehead atoms. The minimum atomic E-state index is -0.114. The molecular formula is C14H24N4O. The van der Waals surface area contributed by atoms with Crippen LogP contribution < -0.4 is 5.73 Å². The second-order valence-corrected chi connectivity index (χ2v) is 6.02. The molecule has 1 atom stereocenters. The van der Waals surface area contributed by atoms with Crippen LogP contribution in [0, 0.1) is 5.92 Å². The van der Waals surface area contributed by atoms with Gasteiger partial charge in [-0.2, -0.15) is 4.98 Å². The third-order valence-electron chi connectivity index (χ3n) is 4.41. The molecule has 0 radical (unpaired) electrons. The van der Waals surface area contributed by atoms with Crippen LogP contribution in [0.15, 0.2) is 4.52 Å². The Morgan fingerprint density at radius 2 is 2.00 bits per heavy atom. The Morgan fingerprint density at radius 1 is 1.21 bits per heavy atom. The highest BCUT2D eigenvalue weighted by Crippen LogP contribution is 2.29. The normalized spacial score (nSPS) is 23.2. The third kappa shape index (κ3) is 3.34. The summed E-state index contributed by atoms with van der Waals surface area (Å²) in [7, 11) is 0. The van der Waals surface area contributed by atoms with E-state index in [2.05, 4.69) is 15.0 Å². The largest absolute Gasteiger partial charge is 0.339 e. The van der Waals surface area contributed by atoms with Gasteiger partial charge in [0.25, 0.3) is 0 Å². The van der Waals surface area contributed by atoms with Gasteiger partial charge in [0, 0.05) is 13.0 Å². The van der Waals surface area contributed by atoms with Crippen molar-refractivity contribution >= 4 is 0 Å². The van der Waals surface area contributed by atoms with Gasteiger partial charge in [0.05, 0.1) is 6.04 Å². The minimum absolute atomic E-state index is 0.114. The smallest absolute Gasteiger partial charge is 0.226 e. The Kier molecular flexibility index (Phi) is 4.13. The van der Waals surface area contributed by atoms with Gasteiger partial charge in [0.1, 0.15) is 0 Å². The zero-order valence-corrected chi connectivity index (χ0v) is 11.6. The summed E-state index contributed by atoms with van der Waals surface area (Å²) in [6, 6.07) is -0.114. The molecule has 1 aromatic heterocycles. The maximum Gasteiger partial charge on any atom is 0.226 e. The molecule has 0 spiro atoms. The van der Waals surface area contributed by atoms with Gasteiger partial charge in [-0.05, 0) is 44.7 Å². The van der Waals surface area contributed by atoms with Crippen LogP contribution in [0.5, 0.6) is 0 Å². The summed E-state index contributed by atoms with van der Waals surface area (Å²) < 4.78 is 5.32. The van der Waals surface area contributed by atoms with Crippen molar-refractivity contribution < 1.29 is 4.52 Å². The predicted octanol–water partition coefficient (Wildman–Crippen LogP) is 1.90. The minimum Gasteiger partial charge on any atom is -0.339 e. The zero-order chi connectivity index (χ0) is 13.1. The molecule has 1 aromatic rings. The summed E-state index contributed by atoms with van der Waals surface area (Å²) in [4.78, 5) is 6.88. The van der Waals surface area contributed by atoms with E-state index in [9.17, 15) is 0 Å². The molecule has 5 nitrogen and oxygen atoms in total. The summed E-state index contributed by atoms with van der Waals surface area (Å²) >= 11 is 0. The molecule has 2 fully saturated rings. The topological polar surface area (TPSA) is 68.2 Å². The molecule has 1 aliphatic carbocycles. The Bertz CT molecular complexity index is 396. The molecule has 0 aromatic carbocycles. The van der Waals surface area contributed by atoms with Crippen molar-refractivity contribution in [3.05, 3.63) is 11.7 Å². The van der Waals surface area contributed by atoms with E-state index in [1.165, 1.54) is 38.5 Å². The van der Waals surface area contributed by atoms with Crippen molar-refractivity contribution in [1.82, 2.24) is 15.0 Å². The standard InChI is InChI=1S/C14H24N4O/c15-12(10-18-7-2-1-3-8-18)14-16-13(19-17-14)9-11-5-4-6-11/h11-12H,1-10,15H2. The fourth-order valence-corrected chi connectivity index (χ4v) is 2.95. The van der Waals surface area contributed by atoms with Gasteiger partial charge >= 0.3 is 0 Å². The molecule has 3 rings (SSSR count). The highest BCUT2D eigenvalue weighted by atomic mass is 16.5. The van der Waals surface area contributed by atoms with E-state index < -0.39 is 0 Å². The molecule has 1 saturated heterocycles.